The van der Waals surface area contributed by atoms with Gasteiger partial charge in [-0.1, -0.05) is 0 Å². The summed E-state index contributed by atoms with van der Waals surface area (Å²) in [5.74, 6) is 0. The van der Waals surface area contributed by atoms with Gasteiger partial charge in [-0.2, -0.15) is 0 Å². The molecule has 0 aromatic heterocycles. The number of fused-ring (bicyclic) bond motifs is 6. The molecule has 8 bridgehead atoms. The van der Waals surface area contributed by atoms with E-state index >= 15 is 0 Å². The normalized spacial score (nSPS) is 37.8. The van der Waals surface area contributed by atoms with Gasteiger partial charge in [-0.3, -0.25) is 0 Å². The third kappa shape index (κ3) is 2.70. The van der Waals surface area contributed by atoms with Gasteiger partial charge in [0.1, 0.15) is 0 Å². The molecule has 5 heteroatoms. The first-order chi connectivity index (χ1) is 11.7. The molecular formula is C19H20N4Se. The van der Waals surface area contributed by atoms with Crippen LogP contribution < -0.4 is 5.32 Å². The van der Waals surface area contributed by atoms with Crippen LogP contribution in [0.15, 0.2) is 50.3 Å². The van der Waals surface area contributed by atoms with Crippen molar-refractivity contribution >= 4 is 37.1 Å². The molecule has 0 spiro atoms. The minimum atomic E-state index is 0.330. The van der Waals surface area contributed by atoms with Gasteiger partial charge in [-0.15, -0.1) is 0 Å². The Balaban J connectivity index is 1.58. The number of aliphatic imine (C=N–C) groups is 3. The van der Waals surface area contributed by atoms with E-state index in [9.17, 15) is 0 Å². The Hall–Kier alpha value is -1.58. The quantitative estimate of drug-likeness (QED) is 0.642. The zero-order valence-corrected chi connectivity index (χ0v) is 15.3. The van der Waals surface area contributed by atoms with Crippen molar-refractivity contribution in [2.75, 3.05) is 0 Å². The number of nitrogens with one attached hydrogen (secondary N) is 1. The average molecular weight is 383 g/mol. The van der Waals surface area contributed by atoms with Crippen molar-refractivity contribution in [1.82, 2.24) is 5.32 Å². The average Bonchev–Trinajstić information content (AvgIpc) is 3.30. The molecule has 0 aromatic rings. The first-order valence-electron chi connectivity index (χ1n) is 8.86. The summed E-state index contributed by atoms with van der Waals surface area (Å²) in [7, 11) is 0. The molecule has 1 saturated heterocycles. The zero-order valence-electron chi connectivity index (χ0n) is 13.6. The monoisotopic (exact) mass is 384 g/mol. The summed E-state index contributed by atoms with van der Waals surface area (Å²) < 4.78 is 1.38. The molecule has 0 aromatic carbocycles. The van der Waals surface area contributed by atoms with Crippen molar-refractivity contribution in [2.45, 2.75) is 57.0 Å². The Morgan fingerprint density at radius 2 is 1.58 bits per heavy atom. The molecule has 0 radical (unpaired) electrons. The van der Waals surface area contributed by atoms with Gasteiger partial charge < -0.3 is 0 Å². The molecule has 0 saturated carbocycles. The summed E-state index contributed by atoms with van der Waals surface area (Å²) in [5, 5.41) is 3.69. The first kappa shape index (κ1) is 14.7. The molecule has 0 aliphatic carbocycles. The van der Waals surface area contributed by atoms with E-state index in [2.05, 4.69) is 39.1 Å². The zero-order chi connectivity index (χ0) is 16.1. The number of rotatable bonds is 0. The van der Waals surface area contributed by atoms with Gasteiger partial charge in [0.15, 0.2) is 0 Å². The van der Waals surface area contributed by atoms with Gasteiger partial charge in [-0.05, 0) is 0 Å². The second-order valence-electron chi connectivity index (χ2n) is 7.14. The number of hydrogen-bond donors (Lipinski definition) is 1. The van der Waals surface area contributed by atoms with Crippen molar-refractivity contribution in [2.24, 2.45) is 15.0 Å². The van der Waals surface area contributed by atoms with Crippen molar-refractivity contribution in [3.05, 3.63) is 35.3 Å². The molecule has 0 amide bonds. The van der Waals surface area contributed by atoms with E-state index in [4.69, 9.17) is 15.0 Å². The Labute approximate surface area is 150 Å². The molecule has 5 rings (SSSR count). The third-order valence-electron chi connectivity index (χ3n) is 5.32. The second kappa shape index (κ2) is 5.75. The number of allylic oxidation sites excluding steroid dienone is 6. The molecule has 24 heavy (non-hydrogen) atoms. The fourth-order valence-corrected chi connectivity index (χ4v) is 4.91. The molecule has 2 unspecified atom stereocenters. The van der Waals surface area contributed by atoms with Crippen LogP contribution in [-0.2, 0) is 0 Å². The molecule has 2 atom stereocenters. The molecule has 5 aliphatic rings. The van der Waals surface area contributed by atoms with Gasteiger partial charge >= 0.3 is 150 Å². The van der Waals surface area contributed by atoms with Crippen LogP contribution in [0.3, 0.4) is 0 Å². The van der Waals surface area contributed by atoms with Crippen LogP contribution >= 0.6 is 0 Å². The van der Waals surface area contributed by atoms with E-state index in [1.165, 1.54) is 38.6 Å². The molecule has 122 valence electrons. The van der Waals surface area contributed by atoms with E-state index in [0.717, 1.165) is 44.9 Å². The fraction of sp³-hybridized carbons (Fsp3) is 0.474. The number of hydrogen-bond acceptors (Lipinski definition) is 4. The Morgan fingerprint density at radius 1 is 0.875 bits per heavy atom. The van der Waals surface area contributed by atoms with Crippen LogP contribution in [0.1, 0.15) is 44.9 Å². The van der Waals surface area contributed by atoms with Crippen LogP contribution in [0.25, 0.3) is 0 Å². The van der Waals surface area contributed by atoms with Crippen LogP contribution in [-0.4, -0.2) is 49.2 Å². The molecular weight excluding hydrogens is 363 g/mol. The second-order valence-corrected chi connectivity index (χ2v) is 8.24. The van der Waals surface area contributed by atoms with Gasteiger partial charge in [0.2, 0.25) is 0 Å². The van der Waals surface area contributed by atoms with Gasteiger partial charge in [0.25, 0.3) is 0 Å². The maximum atomic E-state index is 4.99. The van der Waals surface area contributed by atoms with E-state index in [1.54, 1.807) is 0 Å². The van der Waals surface area contributed by atoms with Crippen LogP contribution in [0.4, 0.5) is 0 Å². The van der Waals surface area contributed by atoms with Crippen molar-refractivity contribution in [3.8, 4) is 0 Å². The van der Waals surface area contributed by atoms with E-state index in [-0.39, 0.29) is 0 Å². The van der Waals surface area contributed by atoms with E-state index in [1.807, 2.05) is 0 Å². The summed E-state index contributed by atoms with van der Waals surface area (Å²) in [6.07, 6.45) is 14.0. The van der Waals surface area contributed by atoms with Gasteiger partial charge in [0, 0.05) is 0 Å². The SMILES string of the molecule is [Se]=C1C/C2=C/C3=NC(=C\C4=NC(=C\C5=NC(CC5)C1N2)/CC4)/CC3. The molecule has 5 heterocycles. The topological polar surface area (TPSA) is 49.1 Å². The first-order valence-corrected chi connectivity index (χ1v) is 9.71. The standard InChI is InChI=1S/C19H20N4Se/c24-18-10-16-9-14-4-3-12(21-14)7-11-1-2-13(20-11)8-15-5-6-17(22-15)19(18)23-16/h7-9,17,19,23H,1-6,10H2/b12-7-,13-8-,16-9-. The van der Waals surface area contributed by atoms with Gasteiger partial charge in [-0.25, -0.2) is 0 Å². The van der Waals surface area contributed by atoms with Crippen molar-refractivity contribution < 1.29 is 0 Å². The molecule has 1 N–H and O–H groups in total. The van der Waals surface area contributed by atoms with Crippen LogP contribution in [0.2, 0.25) is 0 Å². The van der Waals surface area contributed by atoms with Crippen molar-refractivity contribution in [3.63, 3.8) is 0 Å². The predicted octanol–water partition coefficient (Wildman–Crippen LogP) is 2.43. The van der Waals surface area contributed by atoms with Crippen molar-refractivity contribution in [1.29, 1.82) is 0 Å². The summed E-state index contributed by atoms with van der Waals surface area (Å²) in [6, 6.07) is 0.671. The third-order valence-corrected chi connectivity index (χ3v) is 6.16. The minimum absolute atomic E-state index is 0.330. The molecule has 5 aliphatic heterocycles. The Morgan fingerprint density at radius 3 is 2.38 bits per heavy atom. The predicted molar refractivity (Wildman–Crippen MR) is 100 cm³/mol. The molecule has 4 nitrogen and oxygen atoms in total. The Kier molecular flexibility index (Phi) is 3.53. The van der Waals surface area contributed by atoms with Crippen LogP contribution in [0.5, 0.6) is 0 Å². The Bertz CT molecular complexity index is 809. The van der Waals surface area contributed by atoms with E-state index < -0.39 is 0 Å². The van der Waals surface area contributed by atoms with Crippen LogP contribution in [0, 0.1) is 0 Å². The fourth-order valence-electron chi connectivity index (χ4n) is 4.13. The maximum absolute atomic E-state index is 4.99. The summed E-state index contributed by atoms with van der Waals surface area (Å²) in [6.45, 7) is 0. The number of nitrogens with zero attached hydrogens (tertiary/aromatic N) is 3. The summed E-state index contributed by atoms with van der Waals surface area (Å²) >= 11 is 3.28. The molecule has 1 fully saturated rings. The van der Waals surface area contributed by atoms with Gasteiger partial charge in [0.05, 0.1) is 0 Å². The summed E-state index contributed by atoms with van der Waals surface area (Å²) in [4.78, 5) is 14.6. The van der Waals surface area contributed by atoms with E-state index in [0.29, 0.717) is 12.1 Å². The summed E-state index contributed by atoms with van der Waals surface area (Å²) in [5.41, 5.74) is 7.23.